The highest BCUT2D eigenvalue weighted by Crippen LogP contribution is 2.28. The summed E-state index contributed by atoms with van der Waals surface area (Å²) in [6, 6.07) is 17.4. The van der Waals surface area contributed by atoms with Gasteiger partial charge in [-0.2, -0.15) is 5.10 Å². The number of furan rings is 1. The molecule has 5 heteroatoms. The van der Waals surface area contributed by atoms with E-state index >= 15 is 0 Å². The zero-order valence-electron chi connectivity index (χ0n) is 14.4. The van der Waals surface area contributed by atoms with Gasteiger partial charge in [0.25, 0.3) is 5.56 Å². The smallest absolute Gasteiger partial charge is 0.264 e. The van der Waals surface area contributed by atoms with Crippen molar-refractivity contribution in [1.82, 2.24) is 10.2 Å². The Hall–Kier alpha value is -3.34. The molecule has 0 aliphatic heterocycles. The molecule has 0 saturated heterocycles. The maximum absolute atomic E-state index is 11.2. The standard InChI is InChI=1S/C21H18N2O3/c1-25-19-5-3-2-4-15(19)13-17-11-14(10-16-8-9-26-21(16)17)12-18-6-7-20(24)23-22-18/h2-11H,12-13H2,1H3,(H,23,24). The topological polar surface area (TPSA) is 68.1 Å². The van der Waals surface area contributed by atoms with Crippen LogP contribution in [-0.2, 0) is 12.8 Å². The van der Waals surface area contributed by atoms with Crippen molar-refractivity contribution in [2.45, 2.75) is 12.8 Å². The number of nitrogens with one attached hydrogen (secondary N) is 1. The molecule has 0 radical (unpaired) electrons. The van der Waals surface area contributed by atoms with Crippen molar-refractivity contribution in [3.63, 3.8) is 0 Å². The Labute approximate surface area is 150 Å². The van der Waals surface area contributed by atoms with Crippen LogP contribution in [0.4, 0.5) is 0 Å². The van der Waals surface area contributed by atoms with E-state index in [4.69, 9.17) is 9.15 Å². The van der Waals surface area contributed by atoms with E-state index in [1.54, 1.807) is 19.4 Å². The summed E-state index contributed by atoms with van der Waals surface area (Å²) in [4.78, 5) is 11.2. The highest BCUT2D eigenvalue weighted by atomic mass is 16.5. The molecule has 0 aliphatic carbocycles. The third kappa shape index (κ3) is 3.24. The predicted octanol–water partition coefficient (Wildman–Crippen LogP) is 3.71. The molecule has 4 rings (SSSR count). The Kier molecular flexibility index (Phi) is 4.27. The molecule has 2 aromatic carbocycles. The lowest BCUT2D eigenvalue weighted by Crippen LogP contribution is -2.07. The molecule has 0 bridgehead atoms. The van der Waals surface area contributed by atoms with E-state index in [1.165, 1.54) is 6.07 Å². The van der Waals surface area contributed by atoms with Gasteiger partial charge in [0.2, 0.25) is 0 Å². The molecule has 0 saturated carbocycles. The maximum atomic E-state index is 11.2. The largest absolute Gasteiger partial charge is 0.496 e. The lowest BCUT2D eigenvalue weighted by atomic mass is 9.98. The zero-order chi connectivity index (χ0) is 17.9. The molecular weight excluding hydrogens is 328 g/mol. The summed E-state index contributed by atoms with van der Waals surface area (Å²) in [7, 11) is 1.68. The van der Waals surface area contributed by atoms with Crippen molar-refractivity contribution in [2.24, 2.45) is 0 Å². The van der Waals surface area contributed by atoms with Gasteiger partial charge in [-0.05, 0) is 35.4 Å². The molecule has 1 N–H and O–H groups in total. The number of aromatic nitrogens is 2. The van der Waals surface area contributed by atoms with Gasteiger partial charge < -0.3 is 9.15 Å². The molecule has 5 nitrogen and oxygen atoms in total. The lowest BCUT2D eigenvalue weighted by Gasteiger charge is -2.10. The number of hydrogen-bond acceptors (Lipinski definition) is 4. The summed E-state index contributed by atoms with van der Waals surface area (Å²) in [6.07, 6.45) is 3.05. The fourth-order valence-electron chi connectivity index (χ4n) is 3.19. The number of methoxy groups -OCH3 is 1. The van der Waals surface area contributed by atoms with E-state index in [0.717, 1.165) is 39.1 Å². The molecule has 2 aromatic heterocycles. The first-order chi connectivity index (χ1) is 12.7. The second-order valence-electron chi connectivity index (χ2n) is 6.17. The number of fused-ring (bicyclic) bond motifs is 1. The predicted molar refractivity (Wildman–Crippen MR) is 99.7 cm³/mol. The van der Waals surface area contributed by atoms with Crippen LogP contribution in [0.5, 0.6) is 5.75 Å². The Bertz CT molecular complexity index is 1090. The zero-order valence-corrected chi connectivity index (χ0v) is 14.4. The quantitative estimate of drug-likeness (QED) is 0.598. The van der Waals surface area contributed by atoms with Gasteiger partial charge in [0.15, 0.2) is 0 Å². The van der Waals surface area contributed by atoms with Gasteiger partial charge in [0.1, 0.15) is 11.3 Å². The van der Waals surface area contributed by atoms with E-state index in [-0.39, 0.29) is 5.56 Å². The maximum Gasteiger partial charge on any atom is 0.264 e. The van der Waals surface area contributed by atoms with Crippen molar-refractivity contribution < 1.29 is 9.15 Å². The molecule has 0 atom stereocenters. The van der Waals surface area contributed by atoms with Crippen LogP contribution >= 0.6 is 0 Å². The first-order valence-electron chi connectivity index (χ1n) is 8.38. The van der Waals surface area contributed by atoms with Gasteiger partial charge in [-0.15, -0.1) is 0 Å². The number of benzene rings is 2. The number of rotatable bonds is 5. The van der Waals surface area contributed by atoms with Gasteiger partial charge in [0.05, 0.1) is 19.1 Å². The van der Waals surface area contributed by atoms with Crippen LogP contribution in [-0.4, -0.2) is 17.3 Å². The van der Waals surface area contributed by atoms with Gasteiger partial charge in [0, 0.05) is 29.9 Å². The number of nitrogens with zero attached hydrogens (tertiary/aromatic N) is 1. The molecule has 0 spiro atoms. The van der Waals surface area contributed by atoms with Crippen LogP contribution in [0.1, 0.15) is 22.4 Å². The Morgan fingerprint density at radius 2 is 1.92 bits per heavy atom. The monoisotopic (exact) mass is 346 g/mol. The molecular formula is C21H18N2O3. The summed E-state index contributed by atoms with van der Waals surface area (Å²) < 4.78 is 11.2. The van der Waals surface area contributed by atoms with Crippen LogP contribution in [0.25, 0.3) is 11.0 Å². The van der Waals surface area contributed by atoms with Crippen molar-refractivity contribution >= 4 is 11.0 Å². The molecule has 26 heavy (non-hydrogen) atoms. The molecule has 0 amide bonds. The lowest BCUT2D eigenvalue weighted by molar-refractivity contribution is 0.410. The second kappa shape index (κ2) is 6.88. The molecule has 0 unspecified atom stereocenters. The van der Waals surface area contributed by atoms with E-state index in [1.807, 2.05) is 24.3 Å². The summed E-state index contributed by atoms with van der Waals surface area (Å²) in [5.74, 6) is 0.861. The van der Waals surface area contributed by atoms with Crippen LogP contribution < -0.4 is 10.3 Å². The van der Waals surface area contributed by atoms with Crippen LogP contribution in [0.2, 0.25) is 0 Å². The molecule has 2 heterocycles. The highest BCUT2D eigenvalue weighted by Gasteiger charge is 2.11. The van der Waals surface area contributed by atoms with E-state index in [2.05, 4.69) is 28.4 Å². The number of aromatic amines is 1. The molecule has 4 aromatic rings. The number of para-hydroxylation sites is 1. The third-order valence-electron chi connectivity index (χ3n) is 4.38. The summed E-state index contributed by atoms with van der Waals surface area (Å²) in [5.41, 5.74) is 4.81. The van der Waals surface area contributed by atoms with Crippen LogP contribution in [0.15, 0.2) is 70.1 Å². The SMILES string of the molecule is COc1ccccc1Cc1cc(Cc2ccc(=O)[nH]n2)cc2ccoc12. The molecule has 0 fully saturated rings. The van der Waals surface area contributed by atoms with Crippen molar-refractivity contribution in [1.29, 1.82) is 0 Å². The van der Waals surface area contributed by atoms with Gasteiger partial charge >= 0.3 is 0 Å². The summed E-state index contributed by atoms with van der Waals surface area (Å²) in [5, 5.41) is 7.64. The normalized spacial score (nSPS) is 11.0. The van der Waals surface area contributed by atoms with E-state index in [0.29, 0.717) is 12.8 Å². The Morgan fingerprint density at radius 3 is 2.73 bits per heavy atom. The van der Waals surface area contributed by atoms with Crippen molar-refractivity contribution in [3.8, 4) is 5.75 Å². The first-order valence-corrected chi connectivity index (χ1v) is 8.38. The highest BCUT2D eigenvalue weighted by molar-refractivity contribution is 5.81. The van der Waals surface area contributed by atoms with Crippen LogP contribution in [0, 0.1) is 0 Å². The summed E-state index contributed by atoms with van der Waals surface area (Å²) >= 11 is 0. The van der Waals surface area contributed by atoms with E-state index < -0.39 is 0 Å². The van der Waals surface area contributed by atoms with E-state index in [9.17, 15) is 4.79 Å². The minimum Gasteiger partial charge on any atom is -0.496 e. The number of ether oxygens (including phenoxy) is 1. The minimum absolute atomic E-state index is 0.198. The fourth-order valence-corrected chi connectivity index (χ4v) is 3.19. The third-order valence-corrected chi connectivity index (χ3v) is 4.38. The fraction of sp³-hybridized carbons (Fsp3) is 0.143. The molecule has 0 aliphatic rings. The van der Waals surface area contributed by atoms with Crippen LogP contribution in [0.3, 0.4) is 0 Å². The summed E-state index contributed by atoms with van der Waals surface area (Å²) in [6.45, 7) is 0. The van der Waals surface area contributed by atoms with Gasteiger partial charge in [-0.3, -0.25) is 4.79 Å². The Balaban J connectivity index is 1.72. The first kappa shape index (κ1) is 16.1. The average molecular weight is 346 g/mol. The average Bonchev–Trinajstić information content (AvgIpc) is 3.13. The second-order valence-corrected chi connectivity index (χ2v) is 6.17. The van der Waals surface area contributed by atoms with Gasteiger partial charge in [-0.25, -0.2) is 5.10 Å². The number of H-pyrrole nitrogens is 1. The Morgan fingerprint density at radius 1 is 1.04 bits per heavy atom. The molecule has 130 valence electrons. The minimum atomic E-state index is -0.198. The number of hydrogen-bond donors (Lipinski definition) is 1. The van der Waals surface area contributed by atoms with Crippen molar-refractivity contribution in [2.75, 3.05) is 7.11 Å². The van der Waals surface area contributed by atoms with Crippen molar-refractivity contribution in [3.05, 3.63) is 93.6 Å². The van der Waals surface area contributed by atoms with Gasteiger partial charge in [-0.1, -0.05) is 24.3 Å².